The van der Waals surface area contributed by atoms with E-state index in [2.05, 4.69) is 0 Å². The number of sulfonamides is 1. The van der Waals surface area contributed by atoms with Gasteiger partial charge < -0.3 is 4.90 Å². The van der Waals surface area contributed by atoms with Crippen molar-refractivity contribution >= 4 is 26.5 Å². The van der Waals surface area contributed by atoms with Crippen molar-refractivity contribution in [3.63, 3.8) is 0 Å². The zero-order chi connectivity index (χ0) is 21.5. The molecule has 5 nitrogen and oxygen atoms in total. The second kappa shape index (κ2) is 7.78. The highest BCUT2D eigenvalue weighted by Gasteiger charge is 2.50. The van der Waals surface area contributed by atoms with Gasteiger partial charge in [-0.05, 0) is 24.6 Å². The van der Waals surface area contributed by atoms with Gasteiger partial charge in [0.2, 0.25) is 0 Å². The van der Waals surface area contributed by atoms with E-state index in [0.717, 1.165) is 12.1 Å². The maximum atomic E-state index is 14.3. The third-order valence-electron chi connectivity index (χ3n) is 4.00. The van der Waals surface area contributed by atoms with Gasteiger partial charge in [-0.3, -0.25) is 4.21 Å². The second-order valence-corrected chi connectivity index (χ2v) is 9.36. The molecule has 0 saturated carbocycles. The molecule has 0 spiro atoms. The highest BCUT2D eigenvalue weighted by atomic mass is 32.2. The Morgan fingerprint density at radius 2 is 1.57 bits per heavy atom. The number of benzene rings is 1. The zero-order valence-electron chi connectivity index (χ0n) is 14.3. The number of alkyl halides is 6. The molecule has 2 rings (SSSR count). The average Bonchev–Trinajstić information content (AvgIpc) is 2.52. The van der Waals surface area contributed by atoms with Crippen LogP contribution in [0.5, 0.6) is 0 Å². The van der Waals surface area contributed by atoms with Crippen molar-refractivity contribution in [2.24, 2.45) is 0 Å². The minimum Gasteiger partial charge on any atom is -0.366 e. The van der Waals surface area contributed by atoms with Crippen LogP contribution in [0.1, 0.15) is 5.56 Å². The molecular weight excluding hydrogens is 441 g/mol. The predicted octanol–water partition coefficient (Wildman–Crippen LogP) is 2.78. The van der Waals surface area contributed by atoms with Gasteiger partial charge in [0, 0.05) is 31.1 Å². The van der Waals surface area contributed by atoms with Gasteiger partial charge in [-0.15, -0.1) is 0 Å². The molecule has 0 radical (unpaired) electrons. The molecule has 14 heteroatoms. The van der Waals surface area contributed by atoms with Crippen LogP contribution in [0.4, 0.5) is 36.4 Å². The van der Waals surface area contributed by atoms with Gasteiger partial charge in [-0.2, -0.15) is 30.6 Å². The van der Waals surface area contributed by atoms with Crippen LogP contribution in [0.15, 0.2) is 17.0 Å². The van der Waals surface area contributed by atoms with E-state index in [9.17, 15) is 43.4 Å². The molecule has 1 fully saturated rings. The molecule has 0 bridgehead atoms. The largest absolute Gasteiger partial charge is 0.511 e. The van der Waals surface area contributed by atoms with Gasteiger partial charge >= 0.3 is 21.7 Å². The molecule has 1 aliphatic heterocycles. The quantitative estimate of drug-likeness (QED) is 0.654. The van der Waals surface area contributed by atoms with Crippen molar-refractivity contribution in [2.45, 2.75) is 23.5 Å². The molecule has 1 atom stereocenters. The lowest BCUT2D eigenvalue weighted by Gasteiger charge is -2.35. The molecule has 1 heterocycles. The number of nitrogens with zero attached hydrogens (tertiary/aromatic N) is 2. The fraction of sp³-hybridized carbons (Fsp3) is 0.571. The number of halogens is 7. The minimum atomic E-state index is -5.52. The Labute approximate surface area is 158 Å². The molecule has 1 saturated heterocycles. The summed E-state index contributed by atoms with van der Waals surface area (Å²) < 4.78 is 124. The van der Waals surface area contributed by atoms with Crippen LogP contribution in [0.2, 0.25) is 0 Å². The molecule has 0 N–H and O–H groups in total. The van der Waals surface area contributed by atoms with Crippen molar-refractivity contribution < 1.29 is 43.4 Å². The molecule has 160 valence electrons. The van der Waals surface area contributed by atoms with Crippen LogP contribution in [0.3, 0.4) is 0 Å². The summed E-state index contributed by atoms with van der Waals surface area (Å²) in [7, 11) is -8.02. The van der Waals surface area contributed by atoms with Crippen molar-refractivity contribution in [3.05, 3.63) is 23.5 Å². The Morgan fingerprint density at radius 3 is 2.04 bits per heavy atom. The van der Waals surface area contributed by atoms with Crippen LogP contribution in [0, 0.1) is 12.7 Å². The van der Waals surface area contributed by atoms with Gasteiger partial charge in [-0.1, -0.05) is 0 Å². The van der Waals surface area contributed by atoms with E-state index >= 15 is 0 Å². The number of hydrogen-bond donors (Lipinski definition) is 0. The van der Waals surface area contributed by atoms with Crippen molar-refractivity contribution in [2.75, 3.05) is 36.8 Å². The lowest BCUT2D eigenvalue weighted by atomic mass is 10.2. The lowest BCUT2D eigenvalue weighted by Crippen LogP contribution is -2.52. The lowest BCUT2D eigenvalue weighted by molar-refractivity contribution is -0.105. The number of aryl methyl sites for hydroxylation is 1. The third-order valence-corrected chi connectivity index (χ3v) is 7.15. The van der Waals surface area contributed by atoms with Crippen LogP contribution in [-0.2, 0) is 20.8 Å². The van der Waals surface area contributed by atoms with Crippen LogP contribution < -0.4 is 4.90 Å². The summed E-state index contributed by atoms with van der Waals surface area (Å²) in [5.74, 6) is -2.49. The summed E-state index contributed by atoms with van der Waals surface area (Å²) >= 11 is 0. The highest BCUT2D eigenvalue weighted by molar-refractivity contribution is 7.90. The van der Waals surface area contributed by atoms with Gasteiger partial charge in [0.25, 0.3) is 0 Å². The number of piperazine rings is 1. The van der Waals surface area contributed by atoms with Gasteiger partial charge in [-0.25, -0.2) is 12.8 Å². The van der Waals surface area contributed by atoms with Gasteiger partial charge in [0.1, 0.15) is 11.6 Å². The van der Waals surface area contributed by atoms with Gasteiger partial charge in [0.15, 0.2) is 0 Å². The average molecular weight is 456 g/mol. The standard InChI is InChI=1S/C14H15F7N2O3S2/c1-9-6-10(15)11(7-12(9)27(24)8-13(16,17)18)22-2-4-23(5-3-22)28(25,26)14(19,20)21/h6-7H,2-5,8H2,1H3. The summed E-state index contributed by atoms with van der Waals surface area (Å²) in [5.41, 5.74) is -5.69. The number of anilines is 1. The second-order valence-electron chi connectivity index (χ2n) is 6.01. The minimum absolute atomic E-state index is 0.0297. The first-order valence-electron chi connectivity index (χ1n) is 7.70. The van der Waals surface area contributed by atoms with Crippen molar-refractivity contribution in [1.29, 1.82) is 0 Å². The zero-order valence-corrected chi connectivity index (χ0v) is 15.9. The maximum Gasteiger partial charge on any atom is 0.511 e. The normalized spacial score (nSPS) is 18.4. The van der Waals surface area contributed by atoms with Crippen LogP contribution in [0.25, 0.3) is 0 Å². The summed E-state index contributed by atoms with van der Waals surface area (Å²) in [6.45, 7) is -0.530. The maximum absolute atomic E-state index is 14.3. The van der Waals surface area contributed by atoms with Crippen LogP contribution >= 0.6 is 0 Å². The van der Waals surface area contributed by atoms with Crippen molar-refractivity contribution in [3.8, 4) is 0 Å². The van der Waals surface area contributed by atoms with Crippen molar-refractivity contribution in [1.82, 2.24) is 4.31 Å². The third kappa shape index (κ3) is 4.95. The van der Waals surface area contributed by atoms with E-state index in [-0.39, 0.29) is 33.5 Å². The highest BCUT2D eigenvalue weighted by Crippen LogP contribution is 2.31. The molecule has 1 aromatic carbocycles. The Kier molecular flexibility index (Phi) is 6.36. The smallest absolute Gasteiger partial charge is 0.366 e. The molecule has 0 aliphatic carbocycles. The molecule has 28 heavy (non-hydrogen) atoms. The number of hydrogen-bond acceptors (Lipinski definition) is 4. The predicted molar refractivity (Wildman–Crippen MR) is 87.2 cm³/mol. The summed E-state index contributed by atoms with van der Waals surface area (Å²) in [4.78, 5) is 0.949. The summed E-state index contributed by atoms with van der Waals surface area (Å²) in [5, 5.41) is 0. The first kappa shape index (κ1) is 22.9. The molecular formula is C14H15F7N2O3S2. The van der Waals surface area contributed by atoms with E-state index < -0.39 is 57.2 Å². The fourth-order valence-corrected chi connectivity index (χ4v) is 4.72. The van der Waals surface area contributed by atoms with Crippen LogP contribution in [-0.4, -0.2) is 60.5 Å². The van der Waals surface area contributed by atoms with E-state index in [0.29, 0.717) is 0 Å². The Morgan fingerprint density at radius 1 is 1.04 bits per heavy atom. The van der Waals surface area contributed by atoms with E-state index in [1.165, 1.54) is 11.8 Å². The Balaban J connectivity index is 2.24. The molecule has 1 aliphatic rings. The topological polar surface area (TPSA) is 57.7 Å². The molecule has 0 aromatic heterocycles. The monoisotopic (exact) mass is 456 g/mol. The summed E-state index contributed by atoms with van der Waals surface area (Å²) in [6.07, 6.45) is -4.70. The van der Waals surface area contributed by atoms with E-state index in [1.807, 2.05) is 0 Å². The van der Waals surface area contributed by atoms with Gasteiger partial charge in [0.05, 0.1) is 16.5 Å². The fourth-order valence-electron chi connectivity index (χ4n) is 2.67. The first-order valence-corrected chi connectivity index (χ1v) is 10.5. The van der Waals surface area contributed by atoms with E-state index in [1.54, 1.807) is 0 Å². The summed E-state index contributed by atoms with van der Waals surface area (Å²) in [6, 6.07) is 1.85. The SMILES string of the molecule is Cc1cc(F)c(N2CCN(S(=O)(=O)C(F)(F)F)CC2)cc1S(=O)CC(F)(F)F. The Bertz CT molecular complexity index is 861. The molecule has 1 unspecified atom stereocenters. The Hall–Kier alpha value is -1.41. The first-order chi connectivity index (χ1) is 12.6. The number of rotatable bonds is 4. The molecule has 0 amide bonds. The van der Waals surface area contributed by atoms with E-state index in [4.69, 9.17) is 0 Å². The molecule has 1 aromatic rings.